The lowest BCUT2D eigenvalue weighted by Gasteiger charge is -2.15. The van der Waals surface area contributed by atoms with Crippen LogP contribution in [0.2, 0.25) is 0 Å². The molecule has 1 rings (SSSR count). The van der Waals surface area contributed by atoms with Crippen molar-refractivity contribution in [3.63, 3.8) is 0 Å². The minimum absolute atomic E-state index is 0.117. The van der Waals surface area contributed by atoms with E-state index in [9.17, 15) is 0 Å². The molecule has 3 nitrogen and oxygen atoms in total. The maximum Gasteiger partial charge on any atom is 0.175 e. The summed E-state index contributed by atoms with van der Waals surface area (Å²) in [4.78, 5) is 0. The summed E-state index contributed by atoms with van der Waals surface area (Å²) in [7, 11) is 0. The van der Waals surface area contributed by atoms with Crippen LogP contribution in [0.15, 0.2) is 29.3 Å². The summed E-state index contributed by atoms with van der Waals surface area (Å²) < 4.78 is 12.1. The Hall–Kier alpha value is -1.00. The van der Waals surface area contributed by atoms with Crippen LogP contribution in [0, 0.1) is 0 Å². The largest absolute Gasteiger partial charge is 0.490 e. The van der Waals surface area contributed by atoms with Crippen LogP contribution in [0.4, 0.5) is 0 Å². The van der Waals surface area contributed by atoms with Gasteiger partial charge in [0.25, 0.3) is 0 Å². The molecule has 0 aliphatic rings. The maximum atomic E-state index is 5.82. The van der Waals surface area contributed by atoms with Gasteiger partial charge in [0.2, 0.25) is 0 Å². The summed E-state index contributed by atoms with van der Waals surface area (Å²) >= 11 is 3.51. The Morgan fingerprint density at radius 1 is 1.44 bits per heavy atom. The second kappa shape index (κ2) is 7.44. The standard InChI is InChI=1S/C14H20BrNO2/c1-4-6-18-14-12(15)8-11(7-10(3)16)9-13(14)17-5-2/h4,8-10H,1,5-7,16H2,2-3H3. The van der Waals surface area contributed by atoms with Crippen molar-refractivity contribution in [2.24, 2.45) is 5.73 Å². The molecule has 0 saturated carbocycles. The van der Waals surface area contributed by atoms with E-state index in [-0.39, 0.29) is 6.04 Å². The van der Waals surface area contributed by atoms with Gasteiger partial charge >= 0.3 is 0 Å². The van der Waals surface area contributed by atoms with Crippen LogP contribution in [0.25, 0.3) is 0 Å². The molecule has 0 aliphatic carbocycles. The van der Waals surface area contributed by atoms with Gasteiger partial charge in [-0.2, -0.15) is 0 Å². The Bertz CT molecular complexity index is 405. The SMILES string of the molecule is C=CCOc1c(Br)cc(CC(C)N)cc1OCC. The topological polar surface area (TPSA) is 44.5 Å². The Labute approximate surface area is 117 Å². The van der Waals surface area contributed by atoms with Gasteiger partial charge in [-0.1, -0.05) is 12.7 Å². The number of benzene rings is 1. The molecule has 1 unspecified atom stereocenters. The summed E-state index contributed by atoms with van der Waals surface area (Å²) in [5, 5.41) is 0. The van der Waals surface area contributed by atoms with E-state index < -0.39 is 0 Å². The molecule has 0 aromatic heterocycles. The molecule has 1 aromatic rings. The van der Waals surface area contributed by atoms with Crippen molar-refractivity contribution in [1.82, 2.24) is 0 Å². The minimum Gasteiger partial charge on any atom is -0.490 e. The van der Waals surface area contributed by atoms with Gasteiger partial charge < -0.3 is 15.2 Å². The maximum absolute atomic E-state index is 5.82. The third kappa shape index (κ3) is 4.35. The van der Waals surface area contributed by atoms with Crippen LogP contribution in [0.3, 0.4) is 0 Å². The predicted octanol–water partition coefficient (Wildman–Crippen LogP) is 3.30. The van der Waals surface area contributed by atoms with Gasteiger partial charge in [0.15, 0.2) is 11.5 Å². The van der Waals surface area contributed by atoms with Crippen LogP contribution < -0.4 is 15.2 Å². The van der Waals surface area contributed by atoms with Crippen molar-refractivity contribution < 1.29 is 9.47 Å². The van der Waals surface area contributed by atoms with Gasteiger partial charge in [0, 0.05) is 6.04 Å². The lowest BCUT2D eigenvalue weighted by atomic mass is 10.1. The van der Waals surface area contributed by atoms with E-state index in [1.54, 1.807) is 6.08 Å². The van der Waals surface area contributed by atoms with Crippen molar-refractivity contribution >= 4 is 15.9 Å². The molecule has 2 N–H and O–H groups in total. The van der Waals surface area contributed by atoms with Crippen molar-refractivity contribution in [3.8, 4) is 11.5 Å². The molecule has 0 fully saturated rings. The minimum atomic E-state index is 0.117. The van der Waals surface area contributed by atoms with Crippen LogP contribution in [0.5, 0.6) is 11.5 Å². The Morgan fingerprint density at radius 2 is 2.17 bits per heavy atom. The third-order valence-corrected chi connectivity index (χ3v) is 2.86. The van der Waals surface area contributed by atoms with Gasteiger partial charge in [0.1, 0.15) is 6.61 Å². The summed E-state index contributed by atoms with van der Waals surface area (Å²) in [5.41, 5.74) is 6.95. The van der Waals surface area contributed by atoms with E-state index in [2.05, 4.69) is 22.5 Å². The third-order valence-electron chi connectivity index (χ3n) is 2.27. The molecule has 1 aromatic carbocycles. The summed E-state index contributed by atoms with van der Waals surface area (Å²) in [6.45, 7) is 8.62. The molecular weight excluding hydrogens is 294 g/mol. The van der Waals surface area contributed by atoms with Gasteiger partial charge in [-0.15, -0.1) is 0 Å². The number of rotatable bonds is 7. The zero-order valence-electron chi connectivity index (χ0n) is 10.9. The fourth-order valence-electron chi connectivity index (χ4n) is 1.66. The number of ether oxygens (including phenoxy) is 2. The molecule has 1 atom stereocenters. The van der Waals surface area contributed by atoms with Crippen molar-refractivity contribution in [2.75, 3.05) is 13.2 Å². The molecule has 100 valence electrons. The molecule has 0 radical (unpaired) electrons. The zero-order valence-corrected chi connectivity index (χ0v) is 12.5. The van der Waals surface area contributed by atoms with Gasteiger partial charge in [-0.25, -0.2) is 0 Å². The van der Waals surface area contributed by atoms with Crippen LogP contribution >= 0.6 is 15.9 Å². The fraction of sp³-hybridized carbons (Fsp3) is 0.429. The first kappa shape index (κ1) is 15.1. The van der Waals surface area contributed by atoms with Crippen LogP contribution in [-0.2, 0) is 6.42 Å². The van der Waals surface area contributed by atoms with Crippen molar-refractivity contribution in [2.45, 2.75) is 26.3 Å². The smallest absolute Gasteiger partial charge is 0.175 e. The first-order chi connectivity index (χ1) is 8.58. The normalized spacial score (nSPS) is 12.0. The molecule has 0 spiro atoms. The second-order valence-electron chi connectivity index (χ2n) is 4.12. The summed E-state index contributed by atoms with van der Waals surface area (Å²) in [5.74, 6) is 1.45. The molecule has 0 bridgehead atoms. The highest BCUT2D eigenvalue weighted by Crippen LogP contribution is 2.37. The number of halogens is 1. The van der Waals surface area contributed by atoms with Crippen molar-refractivity contribution in [1.29, 1.82) is 0 Å². The van der Waals surface area contributed by atoms with E-state index in [0.29, 0.717) is 19.0 Å². The lowest BCUT2D eigenvalue weighted by molar-refractivity contribution is 0.295. The first-order valence-corrected chi connectivity index (χ1v) is 6.82. The highest BCUT2D eigenvalue weighted by molar-refractivity contribution is 9.10. The average Bonchev–Trinajstić information content (AvgIpc) is 2.27. The van der Waals surface area contributed by atoms with E-state index in [0.717, 1.165) is 22.2 Å². The average molecular weight is 314 g/mol. The zero-order chi connectivity index (χ0) is 13.5. The second-order valence-corrected chi connectivity index (χ2v) is 4.97. The Morgan fingerprint density at radius 3 is 2.72 bits per heavy atom. The molecule has 0 saturated heterocycles. The van der Waals surface area contributed by atoms with Crippen LogP contribution in [0.1, 0.15) is 19.4 Å². The van der Waals surface area contributed by atoms with E-state index in [1.165, 1.54) is 0 Å². The molecule has 0 amide bonds. The Balaban J connectivity index is 3.04. The highest BCUT2D eigenvalue weighted by Gasteiger charge is 2.12. The van der Waals surface area contributed by atoms with E-state index in [4.69, 9.17) is 15.2 Å². The number of nitrogens with two attached hydrogens (primary N) is 1. The molecule has 0 heterocycles. The number of hydrogen-bond acceptors (Lipinski definition) is 3. The first-order valence-electron chi connectivity index (χ1n) is 6.03. The number of hydrogen-bond donors (Lipinski definition) is 1. The quantitative estimate of drug-likeness (QED) is 0.785. The van der Waals surface area contributed by atoms with E-state index in [1.807, 2.05) is 26.0 Å². The van der Waals surface area contributed by atoms with Gasteiger partial charge in [0.05, 0.1) is 11.1 Å². The predicted molar refractivity (Wildman–Crippen MR) is 78.4 cm³/mol. The van der Waals surface area contributed by atoms with Crippen LogP contribution in [-0.4, -0.2) is 19.3 Å². The monoisotopic (exact) mass is 313 g/mol. The summed E-state index contributed by atoms with van der Waals surface area (Å²) in [6.07, 6.45) is 2.51. The molecule has 18 heavy (non-hydrogen) atoms. The van der Waals surface area contributed by atoms with Gasteiger partial charge in [-0.05, 0) is 53.9 Å². The highest BCUT2D eigenvalue weighted by atomic mass is 79.9. The fourth-order valence-corrected chi connectivity index (χ4v) is 2.26. The van der Waals surface area contributed by atoms with Gasteiger partial charge in [-0.3, -0.25) is 0 Å². The molecule has 4 heteroatoms. The van der Waals surface area contributed by atoms with Crippen molar-refractivity contribution in [3.05, 3.63) is 34.8 Å². The summed E-state index contributed by atoms with van der Waals surface area (Å²) in [6, 6.07) is 4.12. The molecular formula is C14H20BrNO2. The lowest BCUT2D eigenvalue weighted by Crippen LogP contribution is -2.17. The molecule has 0 aliphatic heterocycles. The van der Waals surface area contributed by atoms with E-state index >= 15 is 0 Å². The Kier molecular flexibility index (Phi) is 6.22.